The highest BCUT2D eigenvalue weighted by Gasteiger charge is 2.43. The summed E-state index contributed by atoms with van der Waals surface area (Å²) in [4.78, 5) is 4.74. The van der Waals surface area contributed by atoms with Gasteiger partial charge in [0, 0.05) is 24.3 Å². The van der Waals surface area contributed by atoms with Gasteiger partial charge in [0.05, 0.1) is 18.2 Å². The Morgan fingerprint density at radius 3 is 2.79 bits per heavy atom. The molecule has 28 heavy (non-hydrogen) atoms. The highest BCUT2D eigenvalue weighted by molar-refractivity contribution is 14.0. The van der Waals surface area contributed by atoms with Crippen molar-refractivity contribution in [1.82, 2.24) is 10.6 Å². The number of ether oxygens (including phenoxy) is 1. The number of nitrogens with one attached hydrogen (secondary N) is 2. The average Bonchev–Trinajstić information content (AvgIpc) is 3.30. The molecule has 0 radical (unpaired) electrons. The fraction of sp³-hybridized carbons (Fsp3) is 0.667. The van der Waals surface area contributed by atoms with Gasteiger partial charge in [0.15, 0.2) is 5.96 Å². The summed E-state index contributed by atoms with van der Waals surface area (Å²) in [5.74, 6) is 3.59. The van der Waals surface area contributed by atoms with Crippen molar-refractivity contribution < 1.29 is 9.84 Å². The van der Waals surface area contributed by atoms with Gasteiger partial charge in [-0.3, -0.25) is 4.99 Å². The van der Waals surface area contributed by atoms with Crippen LogP contribution in [0, 0.1) is 0 Å². The monoisotopic (exact) mass is 517 g/mol. The van der Waals surface area contributed by atoms with Crippen LogP contribution in [0.4, 0.5) is 0 Å². The zero-order valence-electron chi connectivity index (χ0n) is 16.6. The number of nitrogens with zero attached hydrogens (tertiary/aromatic N) is 1. The molecule has 2 heterocycles. The smallest absolute Gasteiger partial charge is 0.191 e. The van der Waals surface area contributed by atoms with Crippen LogP contribution in [0.5, 0.6) is 5.75 Å². The molecule has 1 saturated heterocycles. The lowest BCUT2D eigenvalue weighted by atomic mass is 9.86. The minimum atomic E-state index is -0.659. The molecular weight excluding hydrogens is 485 g/mol. The molecular formula is C21H32IN3O2S. The second kappa shape index (κ2) is 9.43. The molecule has 1 spiro atoms. The standard InChI is InChI=1S/C21H31N3O2S.HI/c1-2-22-19(23-14-20(25)11-12-27-15-20)24-17-13-21(9-5-6-10-21)26-18-8-4-3-7-16(17)18;/h3-4,7-8,17,25H,2,5-6,9-15H2,1H3,(H2,22,23,24);1H. The minimum Gasteiger partial charge on any atom is -0.487 e. The van der Waals surface area contributed by atoms with Gasteiger partial charge >= 0.3 is 0 Å². The topological polar surface area (TPSA) is 65.9 Å². The maximum atomic E-state index is 10.6. The number of benzene rings is 1. The van der Waals surface area contributed by atoms with Crippen molar-refractivity contribution in [2.24, 2.45) is 4.99 Å². The second-order valence-electron chi connectivity index (χ2n) is 8.15. The number of aliphatic hydroxyl groups is 1. The summed E-state index contributed by atoms with van der Waals surface area (Å²) in [6, 6.07) is 8.55. The van der Waals surface area contributed by atoms with Gasteiger partial charge in [0.1, 0.15) is 11.4 Å². The highest BCUT2D eigenvalue weighted by atomic mass is 127. The molecule has 1 aromatic rings. The zero-order chi connectivity index (χ0) is 18.7. The van der Waals surface area contributed by atoms with Crippen molar-refractivity contribution in [3.63, 3.8) is 0 Å². The fourth-order valence-electron chi connectivity index (χ4n) is 4.50. The molecule has 3 aliphatic rings. The van der Waals surface area contributed by atoms with E-state index in [4.69, 9.17) is 9.73 Å². The van der Waals surface area contributed by atoms with Crippen LogP contribution in [0.1, 0.15) is 57.1 Å². The summed E-state index contributed by atoms with van der Waals surface area (Å²) in [5, 5.41) is 17.6. The molecule has 1 aliphatic carbocycles. The Balaban J connectivity index is 0.00000225. The SMILES string of the molecule is CCNC(=NCC1(O)CCSC1)NC1CC2(CCCC2)Oc2ccccc21.I. The summed E-state index contributed by atoms with van der Waals surface area (Å²) in [5.41, 5.74) is 0.507. The van der Waals surface area contributed by atoms with Gasteiger partial charge in [-0.25, -0.2) is 0 Å². The van der Waals surface area contributed by atoms with Crippen LogP contribution in [0.25, 0.3) is 0 Å². The van der Waals surface area contributed by atoms with Crippen molar-refractivity contribution in [3.05, 3.63) is 29.8 Å². The second-order valence-corrected chi connectivity index (χ2v) is 9.26. The lowest BCUT2D eigenvalue weighted by Crippen LogP contribution is -2.47. The summed E-state index contributed by atoms with van der Waals surface area (Å²) in [7, 11) is 0. The Morgan fingerprint density at radius 1 is 1.29 bits per heavy atom. The van der Waals surface area contributed by atoms with Crippen LogP contribution in [-0.2, 0) is 0 Å². The van der Waals surface area contributed by atoms with E-state index in [0.717, 1.165) is 55.4 Å². The maximum absolute atomic E-state index is 10.6. The van der Waals surface area contributed by atoms with Gasteiger partial charge in [0.25, 0.3) is 0 Å². The predicted molar refractivity (Wildman–Crippen MR) is 127 cm³/mol. The molecule has 4 rings (SSSR count). The highest BCUT2D eigenvalue weighted by Crippen LogP contribution is 2.46. The lowest BCUT2D eigenvalue weighted by Gasteiger charge is -2.40. The van der Waals surface area contributed by atoms with Crippen molar-refractivity contribution in [2.75, 3.05) is 24.6 Å². The van der Waals surface area contributed by atoms with Gasteiger partial charge in [-0.05, 0) is 50.8 Å². The van der Waals surface area contributed by atoms with Crippen molar-refractivity contribution in [2.45, 2.75) is 62.7 Å². The maximum Gasteiger partial charge on any atom is 0.191 e. The van der Waals surface area contributed by atoms with E-state index in [-0.39, 0.29) is 35.6 Å². The van der Waals surface area contributed by atoms with Crippen molar-refractivity contribution in [3.8, 4) is 5.75 Å². The van der Waals surface area contributed by atoms with Crippen LogP contribution in [0.15, 0.2) is 29.3 Å². The predicted octanol–water partition coefficient (Wildman–Crippen LogP) is 3.86. The van der Waals surface area contributed by atoms with Crippen molar-refractivity contribution in [1.29, 1.82) is 0 Å². The first-order valence-electron chi connectivity index (χ1n) is 10.2. The minimum absolute atomic E-state index is 0. The van der Waals surface area contributed by atoms with E-state index in [1.165, 1.54) is 18.4 Å². The first-order valence-corrected chi connectivity index (χ1v) is 11.4. The number of aliphatic imine (C=N–C) groups is 1. The lowest BCUT2D eigenvalue weighted by molar-refractivity contribution is 0.0395. The Morgan fingerprint density at radius 2 is 2.07 bits per heavy atom. The first-order chi connectivity index (χ1) is 13.1. The number of hydrogen-bond donors (Lipinski definition) is 3. The van der Waals surface area contributed by atoms with E-state index in [1.807, 2.05) is 11.8 Å². The Bertz CT molecular complexity index is 688. The van der Waals surface area contributed by atoms with Gasteiger partial charge in [0.2, 0.25) is 0 Å². The van der Waals surface area contributed by atoms with Gasteiger partial charge < -0.3 is 20.5 Å². The van der Waals surface area contributed by atoms with E-state index in [9.17, 15) is 5.11 Å². The molecule has 1 aromatic carbocycles. The summed E-state index contributed by atoms with van der Waals surface area (Å²) in [6.07, 6.45) is 6.54. The molecule has 2 aliphatic heterocycles. The molecule has 3 N–H and O–H groups in total. The van der Waals surface area contributed by atoms with Crippen LogP contribution >= 0.6 is 35.7 Å². The summed E-state index contributed by atoms with van der Waals surface area (Å²) >= 11 is 1.81. The Kier molecular flexibility index (Phi) is 7.42. The van der Waals surface area contributed by atoms with E-state index in [1.54, 1.807) is 0 Å². The van der Waals surface area contributed by atoms with Crippen LogP contribution < -0.4 is 15.4 Å². The molecule has 156 valence electrons. The molecule has 0 aromatic heterocycles. The Labute approximate surface area is 189 Å². The summed E-state index contributed by atoms with van der Waals surface area (Å²) in [6.45, 7) is 3.33. The molecule has 2 atom stereocenters. The largest absolute Gasteiger partial charge is 0.487 e. The zero-order valence-corrected chi connectivity index (χ0v) is 19.7. The van der Waals surface area contributed by atoms with E-state index in [2.05, 4.69) is 41.8 Å². The third kappa shape index (κ3) is 4.90. The molecule has 2 fully saturated rings. The molecule has 2 unspecified atom stereocenters. The fourth-order valence-corrected chi connectivity index (χ4v) is 5.79. The van der Waals surface area contributed by atoms with E-state index < -0.39 is 5.60 Å². The number of thioether (sulfide) groups is 1. The van der Waals surface area contributed by atoms with Gasteiger partial charge in [-0.2, -0.15) is 11.8 Å². The number of fused-ring (bicyclic) bond motifs is 1. The normalized spacial score (nSPS) is 28.4. The molecule has 7 heteroatoms. The molecule has 0 bridgehead atoms. The quantitative estimate of drug-likeness (QED) is 0.322. The van der Waals surface area contributed by atoms with Crippen LogP contribution in [0.2, 0.25) is 0 Å². The van der Waals surface area contributed by atoms with Gasteiger partial charge in [-0.1, -0.05) is 18.2 Å². The Hall–Kier alpha value is -0.670. The molecule has 1 saturated carbocycles. The van der Waals surface area contributed by atoms with Crippen molar-refractivity contribution >= 4 is 41.7 Å². The van der Waals surface area contributed by atoms with Crippen LogP contribution in [0.3, 0.4) is 0 Å². The first kappa shape index (κ1) is 22.0. The number of guanidine groups is 1. The number of hydrogen-bond acceptors (Lipinski definition) is 4. The molecule has 0 amide bonds. The van der Waals surface area contributed by atoms with Gasteiger partial charge in [-0.15, -0.1) is 24.0 Å². The number of rotatable bonds is 4. The average molecular weight is 517 g/mol. The third-order valence-corrected chi connectivity index (χ3v) is 7.22. The van der Waals surface area contributed by atoms with Crippen LogP contribution in [-0.4, -0.2) is 46.9 Å². The third-order valence-electron chi connectivity index (χ3n) is 5.98. The number of halogens is 1. The van der Waals surface area contributed by atoms with E-state index in [0.29, 0.717) is 6.54 Å². The molecule has 5 nitrogen and oxygen atoms in total. The van der Waals surface area contributed by atoms with E-state index >= 15 is 0 Å². The summed E-state index contributed by atoms with van der Waals surface area (Å²) < 4.78 is 6.47. The number of para-hydroxylation sites is 1.